The van der Waals surface area contributed by atoms with Crippen molar-refractivity contribution in [3.63, 3.8) is 0 Å². The first-order valence-corrected chi connectivity index (χ1v) is 13.8. The molecule has 0 spiro atoms. The minimum atomic E-state index is -0.116. The first-order chi connectivity index (χ1) is 23.4. The van der Waals surface area contributed by atoms with Gasteiger partial charge in [-0.25, -0.2) is 14.8 Å². The molecule has 48 heavy (non-hydrogen) atoms. The summed E-state index contributed by atoms with van der Waals surface area (Å²) < 4.78 is 0. The minimum Gasteiger partial charge on any atom is -0.370 e. The Balaban J connectivity index is 1.45. The van der Waals surface area contributed by atoms with E-state index in [1.54, 1.807) is 48.5 Å². The number of fused-ring (bicyclic) bond motifs is 5. The zero-order valence-corrected chi connectivity index (χ0v) is 24.1. The van der Waals surface area contributed by atoms with E-state index in [9.17, 15) is 21.0 Å². The zero-order chi connectivity index (χ0) is 33.5. The second-order valence-electron chi connectivity index (χ2n) is 10.3. The van der Waals surface area contributed by atoms with Gasteiger partial charge in [0.2, 0.25) is 17.2 Å². The largest absolute Gasteiger partial charge is 0.370 e. The number of nitriles is 4. The summed E-state index contributed by atoms with van der Waals surface area (Å²) in [6, 6.07) is 23.2. The Morgan fingerprint density at radius 1 is 0.521 bits per heavy atom. The lowest BCUT2D eigenvalue weighted by molar-refractivity contribution is 1.20. The first-order valence-electron chi connectivity index (χ1n) is 13.8. The van der Waals surface area contributed by atoms with Crippen molar-refractivity contribution in [3.05, 3.63) is 123 Å². The quantitative estimate of drug-likeness (QED) is 0.143. The monoisotopic (exact) mass is 610 g/mol. The number of benzene rings is 4. The second-order valence-corrected chi connectivity index (χ2v) is 10.3. The number of hydrogen-bond donors (Lipinski definition) is 0. The van der Waals surface area contributed by atoms with Gasteiger partial charge in [0.05, 0.1) is 34.9 Å². The Labute approximate surface area is 271 Å². The molecule has 2 aromatic heterocycles. The third kappa shape index (κ3) is 4.29. The highest BCUT2D eigenvalue weighted by atomic mass is 15.0. The lowest BCUT2D eigenvalue weighted by Crippen LogP contribution is -1.99. The lowest BCUT2D eigenvalue weighted by atomic mass is 9.92. The zero-order valence-electron chi connectivity index (χ0n) is 24.1. The van der Waals surface area contributed by atoms with E-state index in [2.05, 4.69) is 45.5 Å². The topological polar surface area (TPSA) is 172 Å². The summed E-state index contributed by atoms with van der Waals surface area (Å²) in [5, 5.41) is 38.6. The smallest absolute Gasteiger partial charge is 0.294 e. The molecule has 0 bridgehead atoms. The van der Waals surface area contributed by atoms with Crippen molar-refractivity contribution in [2.75, 3.05) is 0 Å². The van der Waals surface area contributed by atoms with Gasteiger partial charge >= 0.3 is 0 Å². The highest BCUT2D eigenvalue weighted by molar-refractivity contribution is 6.26. The molecule has 0 saturated carbocycles. The fourth-order valence-electron chi connectivity index (χ4n) is 5.73. The molecule has 12 nitrogen and oxygen atoms in total. The number of rotatable bonds is 2. The molecule has 1 aliphatic carbocycles. The number of nitrogens with zero attached hydrogens (tertiary/aromatic N) is 12. The molecule has 0 fully saturated rings. The Morgan fingerprint density at radius 3 is 1.65 bits per heavy atom. The summed E-state index contributed by atoms with van der Waals surface area (Å²) >= 11 is 0. The molecular formula is C36H10N12. The van der Waals surface area contributed by atoms with Crippen molar-refractivity contribution in [1.82, 2.24) is 19.9 Å². The maximum absolute atomic E-state index is 10.2. The SMILES string of the molecule is [C-]#[N+]c1cc2c(cc1-c1ccc3nc([N+]#[C-])c([N+]#[C-])nc3c1)-c1cc(-c3ccc4nc(C#N)c(C#N)nc4c3)c(C#N)cc1C2=NC#N. The lowest BCUT2D eigenvalue weighted by Gasteiger charge is -2.11. The van der Waals surface area contributed by atoms with Crippen molar-refractivity contribution in [2.45, 2.75) is 0 Å². The third-order valence-electron chi connectivity index (χ3n) is 7.83. The molecule has 7 rings (SSSR count). The van der Waals surface area contributed by atoms with E-state index in [0.717, 1.165) is 0 Å². The van der Waals surface area contributed by atoms with Crippen LogP contribution in [0.4, 0.5) is 17.3 Å². The Kier molecular flexibility index (Phi) is 6.50. The van der Waals surface area contributed by atoms with Gasteiger partial charge in [-0.05, 0) is 75.8 Å². The van der Waals surface area contributed by atoms with Gasteiger partial charge in [0.15, 0.2) is 17.1 Å². The first kappa shape index (κ1) is 28.4. The molecule has 0 amide bonds. The van der Waals surface area contributed by atoms with Crippen molar-refractivity contribution in [1.29, 1.82) is 21.0 Å². The van der Waals surface area contributed by atoms with E-state index in [-0.39, 0.29) is 28.7 Å². The molecule has 0 aliphatic heterocycles. The predicted molar refractivity (Wildman–Crippen MR) is 173 cm³/mol. The molecule has 0 unspecified atom stereocenters. The summed E-state index contributed by atoms with van der Waals surface area (Å²) in [5.74, 6) is -0.205. The molecule has 6 aromatic rings. The highest BCUT2D eigenvalue weighted by Gasteiger charge is 2.29. The molecule has 12 heteroatoms. The van der Waals surface area contributed by atoms with Gasteiger partial charge in [-0.2, -0.15) is 26.0 Å². The summed E-state index contributed by atoms with van der Waals surface area (Å²) in [7, 11) is 0. The molecule has 0 N–H and O–H groups in total. The predicted octanol–water partition coefficient (Wildman–Crippen LogP) is 7.47. The molecule has 0 saturated heterocycles. The van der Waals surface area contributed by atoms with E-state index in [1.165, 1.54) is 0 Å². The average Bonchev–Trinajstić information content (AvgIpc) is 3.42. The van der Waals surface area contributed by atoms with Gasteiger partial charge in [-0.1, -0.05) is 31.3 Å². The fourth-order valence-corrected chi connectivity index (χ4v) is 5.73. The Hall–Kier alpha value is -8.34. The van der Waals surface area contributed by atoms with Crippen molar-refractivity contribution in [3.8, 4) is 57.8 Å². The molecule has 4 aromatic carbocycles. The minimum absolute atomic E-state index is 0.0816. The van der Waals surface area contributed by atoms with Gasteiger partial charge in [0, 0.05) is 11.1 Å². The molecule has 0 radical (unpaired) electrons. The van der Waals surface area contributed by atoms with Crippen molar-refractivity contribution >= 4 is 45.1 Å². The number of aliphatic imine (C=N–C) groups is 1. The van der Waals surface area contributed by atoms with Crippen molar-refractivity contribution < 1.29 is 0 Å². The summed E-state index contributed by atoms with van der Waals surface area (Å²) in [5.41, 5.74) is 7.07. The van der Waals surface area contributed by atoms with E-state index >= 15 is 0 Å². The molecular weight excluding hydrogens is 600 g/mol. The van der Waals surface area contributed by atoms with Crippen LogP contribution in [0.1, 0.15) is 28.1 Å². The molecule has 2 heterocycles. The molecule has 0 atom stereocenters. The fraction of sp³-hybridized carbons (Fsp3) is 0. The Morgan fingerprint density at radius 2 is 1.06 bits per heavy atom. The maximum atomic E-state index is 10.2. The van der Waals surface area contributed by atoms with E-state index in [4.69, 9.17) is 19.7 Å². The van der Waals surface area contributed by atoms with Crippen LogP contribution in [-0.2, 0) is 0 Å². The van der Waals surface area contributed by atoms with Crippen LogP contribution in [0.2, 0.25) is 0 Å². The van der Waals surface area contributed by atoms with Gasteiger partial charge < -0.3 is 9.69 Å². The normalized spacial score (nSPS) is 11.6. The van der Waals surface area contributed by atoms with Gasteiger partial charge in [-0.3, -0.25) is 0 Å². The summed E-state index contributed by atoms with van der Waals surface area (Å²) in [6.45, 7) is 22.7. The standard InChI is InChI=1S/C36H10N12/c1-41-29-13-26-24(12-22(29)19-5-7-28-31(10-19)48-36(43-3)35(42-2)47-28)23-11-21(20(14-37)8-25(23)34(26)44-17-40)18-4-6-27-30(9-18)46-33(16-39)32(15-38)45-27/h4-13H. The van der Waals surface area contributed by atoms with E-state index < -0.39 is 0 Å². The van der Waals surface area contributed by atoms with Crippen LogP contribution in [0.3, 0.4) is 0 Å². The Bertz CT molecular complexity index is 2630. The van der Waals surface area contributed by atoms with Gasteiger partial charge in [-0.15, -0.1) is 9.97 Å². The van der Waals surface area contributed by atoms with Crippen LogP contribution in [0.25, 0.3) is 70.0 Å². The number of hydrogen-bond acceptors (Lipinski definition) is 9. The van der Waals surface area contributed by atoms with Crippen molar-refractivity contribution in [2.24, 2.45) is 4.99 Å². The highest BCUT2D eigenvalue weighted by Crippen LogP contribution is 2.46. The van der Waals surface area contributed by atoms with Gasteiger partial charge in [0.1, 0.15) is 12.1 Å². The summed E-state index contributed by atoms with van der Waals surface area (Å²) in [6.07, 6.45) is 1.84. The summed E-state index contributed by atoms with van der Waals surface area (Å²) in [4.78, 5) is 31.6. The molecule has 214 valence electrons. The van der Waals surface area contributed by atoms with Crippen LogP contribution >= 0.6 is 0 Å². The average molecular weight is 611 g/mol. The van der Waals surface area contributed by atoms with E-state index in [1.807, 2.05) is 30.5 Å². The maximum Gasteiger partial charge on any atom is 0.294 e. The number of aromatic nitrogens is 4. The van der Waals surface area contributed by atoms with Crippen LogP contribution in [0.5, 0.6) is 0 Å². The van der Waals surface area contributed by atoms with Crippen LogP contribution in [-0.4, -0.2) is 25.6 Å². The third-order valence-corrected chi connectivity index (χ3v) is 7.83. The van der Waals surface area contributed by atoms with E-state index in [0.29, 0.717) is 77.8 Å². The van der Waals surface area contributed by atoms with Gasteiger partial charge in [0.25, 0.3) is 11.6 Å². The molecule has 1 aliphatic rings. The second kappa shape index (κ2) is 11.0. The van der Waals surface area contributed by atoms with Crippen LogP contribution < -0.4 is 0 Å². The van der Waals surface area contributed by atoms with Crippen LogP contribution in [0.15, 0.2) is 65.7 Å². The van der Waals surface area contributed by atoms with Crippen LogP contribution in [0, 0.1) is 65.2 Å².